The summed E-state index contributed by atoms with van der Waals surface area (Å²) in [6, 6.07) is 6.58. The summed E-state index contributed by atoms with van der Waals surface area (Å²) >= 11 is 14.3. The van der Waals surface area contributed by atoms with Gasteiger partial charge in [-0.3, -0.25) is 38.4 Å². The summed E-state index contributed by atoms with van der Waals surface area (Å²) < 4.78 is 44.9. The third kappa shape index (κ3) is 20.6. The molecule has 8 aliphatic heterocycles. The molecular formula is C87H100Cl2N10O27. The van der Waals surface area contributed by atoms with Crippen LogP contribution in [0.5, 0.6) is 69.0 Å². The van der Waals surface area contributed by atoms with Crippen molar-refractivity contribution in [1.29, 1.82) is 0 Å². The number of halogens is 2. The van der Waals surface area contributed by atoms with Gasteiger partial charge in [0, 0.05) is 48.2 Å². The summed E-state index contributed by atoms with van der Waals surface area (Å²) in [6.07, 6.45) is -15.0. The molecule has 0 spiro atoms. The summed E-state index contributed by atoms with van der Waals surface area (Å²) in [4.78, 5) is 127. The number of aliphatic hydroxyl groups is 8. The van der Waals surface area contributed by atoms with Crippen LogP contribution in [0.2, 0.25) is 10.0 Å². The van der Waals surface area contributed by atoms with E-state index in [2.05, 4.69) is 61.7 Å². The lowest BCUT2D eigenvalue weighted by atomic mass is 9.89. The first-order valence-corrected chi connectivity index (χ1v) is 41.8. The summed E-state index contributed by atoms with van der Waals surface area (Å²) in [5.74, 6) is -14.9. The van der Waals surface area contributed by atoms with Gasteiger partial charge in [-0.1, -0.05) is 99.5 Å². The predicted molar refractivity (Wildman–Crippen MR) is 447 cm³/mol. The Morgan fingerprint density at radius 1 is 0.548 bits per heavy atom. The van der Waals surface area contributed by atoms with E-state index in [4.69, 9.17) is 56.4 Å². The van der Waals surface area contributed by atoms with Crippen molar-refractivity contribution in [3.05, 3.63) is 164 Å². The third-order valence-electron chi connectivity index (χ3n) is 22.5. The van der Waals surface area contributed by atoms with Crippen molar-refractivity contribution in [2.24, 2.45) is 5.92 Å². The molecule has 21 N–H and O–H groups in total. The van der Waals surface area contributed by atoms with Crippen molar-refractivity contribution < 1.29 is 133 Å². The van der Waals surface area contributed by atoms with E-state index in [1.165, 1.54) is 61.6 Å². The minimum absolute atomic E-state index is 0.0778. The predicted octanol–water partition coefficient (Wildman–Crippen LogP) is 3.69. The Bertz CT molecular complexity index is 5220. The molecule has 0 aromatic heterocycles. The highest BCUT2D eigenvalue weighted by atomic mass is 35.5. The lowest BCUT2D eigenvalue weighted by Crippen LogP contribution is -2.65. The van der Waals surface area contributed by atoms with Gasteiger partial charge in [0.05, 0.1) is 23.3 Å². The second-order valence-electron chi connectivity index (χ2n) is 32.3. The normalized spacial score (nSPS) is 26.1. The van der Waals surface area contributed by atoms with Gasteiger partial charge in [0.15, 0.2) is 23.0 Å². The number of benzene rings is 7. The number of phenols is 4. The first-order valence-electron chi connectivity index (χ1n) is 41.0. The fourth-order valence-electron chi connectivity index (χ4n) is 15.8. The Morgan fingerprint density at radius 3 is 1.87 bits per heavy atom. The van der Waals surface area contributed by atoms with Crippen molar-refractivity contribution >= 4 is 70.5 Å². The van der Waals surface area contributed by atoms with E-state index < -0.39 is 254 Å². The van der Waals surface area contributed by atoms with Gasteiger partial charge in [0.25, 0.3) is 0 Å². The second-order valence-corrected chi connectivity index (χ2v) is 33.1. The number of likely N-dealkylation sites (N-methyl/N-ethyl adjacent to an activating group) is 1. The molecule has 2 fully saturated rings. The number of amides is 8. The van der Waals surface area contributed by atoms with Crippen LogP contribution in [0.3, 0.4) is 0 Å². The highest BCUT2D eigenvalue weighted by Crippen LogP contribution is 2.51. The minimum Gasteiger partial charge on any atom is -0.508 e. The first-order chi connectivity index (χ1) is 60.2. The molecule has 8 aliphatic rings. The molecule has 7 aromatic rings. The number of nitrogens with zero attached hydrogens (tertiary/aromatic N) is 1. The lowest BCUT2D eigenvalue weighted by Gasteiger charge is -2.42. The van der Waals surface area contributed by atoms with Crippen molar-refractivity contribution in [2.75, 3.05) is 47.4 Å². The van der Waals surface area contributed by atoms with Crippen molar-refractivity contribution in [3.8, 4) is 80.1 Å². The van der Waals surface area contributed by atoms with Crippen LogP contribution in [0.15, 0.2) is 115 Å². The van der Waals surface area contributed by atoms with Gasteiger partial charge in [0.1, 0.15) is 137 Å². The van der Waals surface area contributed by atoms with Gasteiger partial charge < -0.3 is 147 Å². The highest BCUT2D eigenvalue weighted by molar-refractivity contribution is 6.33. The SMILES string of the molecule is CN[C@@H]1C(=O)N[C@@H]2Cc3ccc(cc3)Oc3cc4cc(c3O[C@@H]3O[C@H](CO)[C@@H](O)[C@H](O)[C@H]3NC(=O)CCCCCCCC(C)C)Oc3ccc(cc3Cl)[C@@H](O)[C@@H]3NC(=O)[C@H](NC(=O)[C@@H]4NC(=O)[C@@H](NC2=O)c2cc(cc(O)c2Cl)Oc2cc1ccc2O)c1ccc(O)c(c1)-c1c(O[C@H]2O[C@H](CO)[C@@H](O)[C@H](O)[C@@H]2O)cc(O)cc1[C@H](C(=O)NCCCN(C)C)NC3=O. The van der Waals surface area contributed by atoms with E-state index in [0.29, 0.717) is 37.3 Å². The fourth-order valence-corrected chi connectivity index (χ4v) is 16.2. The number of rotatable bonds is 21. The van der Waals surface area contributed by atoms with Crippen molar-refractivity contribution in [1.82, 2.24) is 52.8 Å². The van der Waals surface area contributed by atoms with Crippen LogP contribution in [-0.4, -0.2) is 234 Å². The largest absolute Gasteiger partial charge is 0.508 e. The van der Waals surface area contributed by atoms with Gasteiger partial charge >= 0.3 is 0 Å². The van der Waals surface area contributed by atoms with Crippen LogP contribution in [-0.2, 0) is 54.3 Å². The number of ether oxygens (including phenoxy) is 7. The van der Waals surface area contributed by atoms with Crippen LogP contribution < -0.4 is 71.5 Å². The zero-order valence-corrected chi connectivity index (χ0v) is 70.3. The molecule has 17 bridgehead atoms. The molecule has 7 aromatic carbocycles. The van der Waals surface area contributed by atoms with Gasteiger partial charge in [-0.2, -0.15) is 0 Å². The van der Waals surface area contributed by atoms with Gasteiger partial charge in [-0.15, -0.1) is 0 Å². The molecule has 0 aliphatic carbocycles. The standard InChI is InChI=1S/C87H100Cl2N10O27/c1-38(2)12-9-7-6-8-10-13-62(106)93-71-75(110)73(108)60(36-100)124-86(71)126-78-58-30-43-31-59(78)122-55-23-18-42(28-50(55)88)72(107)70-85(119)97-68(80(114)91-24-11-25-99(4)5)48-32-44(102)33-57(123-87-77(112)76(111)74(109)61(37-101)125-87)63(48)47-27-40(16-21-52(47)103)66(82(116)98-70)94-83(117)67(43)95-84(118)69-49-34-46(35-54(105)64(49)89)121-56-29-41(17-22-53(56)104)65(90-3)81(115)92-51(79(113)96-69)26-39-14-19-45(120-58)20-15-39/h14-23,27-35,38,51,60-61,65-77,86-87,90,100-105,107-112H,6-13,24-26,36-37H2,1-5H3,(H,91,114)(H,92,115)(H,93,106)(H,94,117)(H,95,118)(H,96,113)(H,97,119)(H,98,116)/t51-,60-,61-,65+,66-,67-,68-,69+,70+,71-,72-,73-,74-,75-,76+,77+,86+,87+/m1/s1. The summed E-state index contributed by atoms with van der Waals surface area (Å²) in [5.41, 5.74) is -2.44. The van der Waals surface area contributed by atoms with E-state index >= 15 is 28.8 Å². The number of carbonyl (C=O) groups is 8. The maximum absolute atomic E-state index is 16.8. The molecule has 18 atom stereocenters. The summed E-state index contributed by atoms with van der Waals surface area (Å²) in [5, 5.41) is 162. The molecule has 126 heavy (non-hydrogen) atoms. The maximum Gasteiger partial charge on any atom is 0.248 e. The van der Waals surface area contributed by atoms with E-state index in [1.54, 1.807) is 14.1 Å². The number of hydrogen-bond acceptors (Lipinski definition) is 29. The number of unbranched alkanes of at least 4 members (excludes halogenated alkanes) is 4. The Kier molecular flexibility index (Phi) is 29.3. The molecule has 15 rings (SSSR count). The van der Waals surface area contributed by atoms with Crippen LogP contribution in [0.1, 0.15) is 140 Å². The lowest BCUT2D eigenvalue weighted by molar-refractivity contribution is -0.277. The zero-order chi connectivity index (χ0) is 90.4. The molecule has 2 saturated heterocycles. The summed E-state index contributed by atoms with van der Waals surface area (Å²) in [7, 11) is 4.98. The van der Waals surface area contributed by atoms with Gasteiger partial charge in [-0.05, 0) is 153 Å². The fraction of sp³-hybridized carbons (Fsp3) is 0.425. The van der Waals surface area contributed by atoms with Crippen LogP contribution in [0, 0.1) is 5.92 Å². The van der Waals surface area contributed by atoms with Crippen LogP contribution in [0.25, 0.3) is 11.1 Å². The number of hydrogen-bond donors (Lipinski definition) is 21. The average molecular weight is 1790 g/mol. The Labute approximate surface area is 731 Å². The molecule has 0 saturated carbocycles. The molecule has 0 radical (unpaired) electrons. The van der Waals surface area contributed by atoms with Crippen molar-refractivity contribution in [2.45, 2.75) is 181 Å². The molecule has 37 nitrogen and oxygen atoms in total. The molecule has 674 valence electrons. The Morgan fingerprint density at radius 2 is 1.17 bits per heavy atom. The van der Waals surface area contributed by atoms with Gasteiger partial charge in [0.2, 0.25) is 65.6 Å². The van der Waals surface area contributed by atoms with E-state index in [1.807, 2.05) is 4.90 Å². The molecular weight excluding hydrogens is 1690 g/mol. The average Bonchev–Trinajstić information content (AvgIpc) is 0.867. The number of carbonyl (C=O) groups excluding carboxylic acids is 8. The Hall–Kier alpha value is -11.4. The van der Waals surface area contributed by atoms with Crippen LogP contribution in [0.4, 0.5) is 0 Å². The van der Waals surface area contributed by atoms with Gasteiger partial charge in [-0.25, -0.2) is 0 Å². The second kappa shape index (κ2) is 40.1. The highest BCUT2D eigenvalue weighted by Gasteiger charge is 2.50. The maximum atomic E-state index is 16.8. The Balaban J connectivity index is 1.04. The topological polar surface area (TPSA) is 555 Å². The first kappa shape index (κ1) is 92.3. The van der Waals surface area contributed by atoms with E-state index in [9.17, 15) is 70.9 Å². The van der Waals surface area contributed by atoms with E-state index in [0.717, 1.165) is 86.3 Å². The van der Waals surface area contributed by atoms with Crippen LogP contribution >= 0.6 is 23.2 Å². The summed E-state index contributed by atoms with van der Waals surface area (Å²) in [6.45, 7) is 2.68. The molecule has 39 heteroatoms. The number of phenolic OH excluding ortho intramolecular Hbond substituents is 4. The number of fused-ring (bicyclic) bond motifs is 14. The molecule has 8 amide bonds. The van der Waals surface area contributed by atoms with Crippen molar-refractivity contribution in [3.63, 3.8) is 0 Å². The monoisotopic (exact) mass is 1790 g/mol. The zero-order valence-electron chi connectivity index (χ0n) is 68.8. The molecule has 8 heterocycles. The quantitative estimate of drug-likeness (QED) is 0.0456. The number of aliphatic hydroxyl groups excluding tert-OH is 8. The van der Waals surface area contributed by atoms with E-state index in [-0.39, 0.29) is 59.1 Å². The molecule has 0 unspecified atom stereocenters. The third-order valence-corrected chi connectivity index (χ3v) is 23.2. The smallest absolute Gasteiger partial charge is 0.248 e. The number of aromatic hydroxyl groups is 4. The minimum atomic E-state index is -2.40. The number of nitrogens with one attached hydrogen (secondary N) is 9.